The van der Waals surface area contributed by atoms with Crippen molar-refractivity contribution in [1.29, 1.82) is 0 Å². The number of hydrogen-bond acceptors (Lipinski definition) is 4. The first-order chi connectivity index (χ1) is 8.60. The van der Waals surface area contributed by atoms with Crippen LogP contribution in [-0.2, 0) is 4.79 Å². The molecule has 0 aromatic rings. The average Bonchev–Trinajstić information content (AvgIpc) is 3.04. The number of likely N-dealkylation sites (N-methyl/N-ethyl adjacent to an activating group) is 1. The second kappa shape index (κ2) is 5.14. The minimum Gasteiger partial charge on any atom is -0.409 e. The first-order valence-electron chi connectivity index (χ1n) is 6.56. The van der Waals surface area contributed by atoms with Gasteiger partial charge in [-0.15, -0.1) is 0 Å². The third-order valence-electron chi connectivity index (χ3n) is 4.05. The summed E-state index contributed by atoms with van der Waals surface area (Å²) in [7, 11) is 1.79. The van der Waals surface area contributed by atoms with Crippen molar-refractivity contribution in [3.05, 3.63) is 0 Å². The minimum absolute atomic E-state index is 0.0167. The number of nitrogens with two attached hydrogens (primary N) is 1. The van der Waals surface area contributed by atoms with Gasteiger partial charge in [-0.1, -0.05) is 5.16 Å². The summed E-state index contributed by atoms with van der Waals surface area (Å²) in [5.41, 5.74) is 4.90. The van der Waals surface area contributed by atoms with Gasteiger partial charge in [0.1, 0.15) is 5.41 Å². The third kappa shape index (κ3) is 2.43. The smallest absolute Gasteiger partial charge is 0.236 e. The van der Waals surface area contributed by atoms with Crippen molar-refractivity contribution in [3.63, 3.8) is 0 Å². The number of hydrogen-bond donors (Lipinski definition) is 2. The van der Waals surface area contributed by atoms with E-state index in [0.29, 0.717) is 19.4 Å². The fourth-order valence-electron chi connectivity index (χ4n) is 2.56. The van der Waals surface area contributed by atoms with Gasteiger partial charge in [0.25, 0.3) is 0 Å². The fourth-order valence-corrected chi connectivity index (χ4v) is 2.56. The molecule has 1 saturated heterocycles. The normalized spacial score (nSPS) is 23.1. The SMILES string of the molecule is CN(CCN1CCCC1)C(=O)C1(C(N)=NO)CC1. The molecular weight excluding hydrogens is 232 g/mol. The third-order valence-corrected chi connectivity index (χ3v) is 4.05. The van der Waals surface area contributed by atoms with Gasteiger partial charge in [-0.2, -0.15) is 0 Å². The first-order valence-corrected chi connectivity index (χ1v) is 6.56. The van der Waals surface area contributed by atoms with Crippen molar-refractivity contribution in [2.75, 3.05) is 33.2 Å². The summed E-state index contributed by atoms with van der Waals surface area (Å²) >= 11 is 0. The first kappa shape index (κ1) is 13.1. The molecule has 2 fully saturated rings. The maximum absolute atomic E-state index is 12.3. The molecule has 2 aliphatic rings. The lowest BCUT2D eigenvalue weighted by molar-refractivity contribution is -0.133. The molecule has 1 aliphatic heterocycles. The molecule has 2 rings (SSSR count). The van der Waals surface area contributed by atoms with Crippen LogP contribution in [0.5, 0.6) is 0 Å². The predicted octanol–water partition coefficient (Wildman–Crippen LogP) is 0.0672. The summed E-state index contributed by atoms with van der Waals surface area (Å²) in [6.07, 6.45) is 3.89. The zero-order valence-corrected chi connectivity index (χ0v) is 10.9. The molecule has 6 heteroatoms. The average molecular weight is 254 g/mol. The zero-order chi connectivity index (χ0) is 13.2. The monoisotopic (exact) mass is 254 g/mol. The highest BCUT2D eigenvalue weighted by atomic mass is 16.4. The molecule has 1 saturated carbocycles. The van der Waals surface area contributed by atoms with Crippen molar-refractivity contribution in [2.45, 2.75) is 25.7 Å². The largest absolute Gasteiger partial charge is 0.409 e. The quantitative estimate of drug-likeness (QED) is 0.315. The lowest BCUT2D eigenvalue weighted by Crippen LogP contribution is -2.44. The van der Waals surface area contributed by atoms with Crippen LogP contribution in [0, 0.1) is 5.41 Å². The molecule has 3 N–H and O–H groups in total. The van der Waals surface area contributed by atoms with E-state index in [-0.39, 0.29) is 11.7 Å². The van der Waals surface area contributed by atoms with Gasteiger partial charge in [0, 0.05) is 20.1 Å². The summed E-state index contributed by atoms with van der Waals surface area (Å²) in [4.78, 5) is 16.3. The number of carbonyl (C=O) groups excluding carboxylic acids is 1. The Morgan fingerprint density at radius 2 is 2.06 bits per heavy atom. The van der Waals surface area contributed by atoms with Crippen molar-refractivity contribution in [2.24, 2.45) is 16.3 Å². The molecule has 0 aromatic carbocycles. The van der Waals surface area contributed by atoms with Crippen LogP contribution >= 0.6 is 0 Å². The summed E-state index contributed by atoms with van der Waals surface area (Å²) in [5, 5.41) is 11.7. The van der Waals surface area contributed by atoms with E-state index < -0.39 is 5.41 Å². The molecule has 0 bridgehead atoms. The van der Waals surface area contributed by atoms with Crippen molar-refractivity contribution in [1.82, 2.24) is 9.80 Å². The van der Waals surface area contributed by atoms with E-state index in [1.807, 2.05) is 0 Å². The Kier molecular flexibility index (Phi) is 3.75. The van der Waals surface area contributed by atoms with Crippen LogP contribution in [0.4, 0.5) is 0 Å². The molecule has 0 aromatic heterocycles. The number of nitrogens with zero attached hydrogens (tertiary/aromatic N) is 3. The minimum atomic E-state index is -0.714. The van der Waals surface area contributed by atoms with Crippen molar-refractivity contribution in [3.8, 4) is 0 Å². The molecule has 0 radical (unpaired) electrons. The number of amides is 1. The maximum Gasteiger partial charge on any atom is 0.236 e. The molecule has 102 valence electrons. The Balaban J connectivity index is 1.85. The number of amidine groups is 1. The van der Waals surface area contributed by atoms with E-state index in [0.717, 1.165) is 19.6 Å². The second-order valence-electron chi connectivity index (χ2n) is 5.34. The van der Waals surface area contributed by atoms with Gasteiger partial charge >= 0.3 is 0 Å². The van der Waals surface area contributed by atoms with Gasteiger partial charge in [-0.05, 0) is 38.8 Å². The molecule has 1 heterocycles. The molecule has 18 heavy (non-hydrogen) atoms. The van der Waals surface area contributed by atoms with Crippen LogP contribution in [0.2, 0.25) is 0 Å². The standard InChI is InChI=1S/C12H22N4O2/c1-15(8-9-16-6-2-3-7-16)11(17)12(4-5-12)10(13)14-18/h18H,2-9H2,1H3,(H2,13,14). The van der Waals surface area contributed by atoms with Crippen molar-refractivity contribution >= 4 is 11.7 Å². The number of rotatable bonds is 5. The van der Waals surface area contributed by atoms with Gasteiger partial charge in [0.15, 0.2) is 5.84 Å². The summed E-state index contributed by atoms with van der Waals surface area (Å²) in [6.45, 7) is 3.88. The molecular formula is C12H22N4O2. The number of carbonyl (C=O) groups is 1. The highest BCUT2D eigenvalue weighted by Gasteiger charge is 2.55. The van der Waals surface area contributed by atoms with Crippen LogP contribution < -0.4 is 5.73 Å². The number of likely N-dealkylation sites (tertiary alicyclic amines) is 1. The van der Waals surface area contributed by atoms with Gasteiger partial charge in [0.2, 0.25) is 5.91 Å². The lowest BCUT2D eigenvalue weighted by Gasteiger charge is -2.25. The van der Waals surface area contributed by atoms with Gasteiger partial charge < -0.3 is 20.7 Å². The predicted molar refractivity (Wildman–Crippen MR) is 68.4 cm³/mol. The Morgan fingerprint density at radius 1 is 1.44 bits per heavy atom. The van der Waals surface area contributed by atoms with Gasteiger partial charge in [-0.25, -0.2) is 0 Å². The molecule has 0 spiro atoms. The Hall–Kier alpha value is -1.30. The van der Waals surface area contributed by atoms with Gasteiger partial charge in [-0.3, -0.25) is 4.79 Å². The van der Waals surface area contributed by atoms with Crippen LogP contribution in [0.3, 0.4) is 0 Å². The fraction of sp³-hybridized carbons (Fsp3) is 0.833. The molecule has 1 amide bonds. The molecule has 0 unspecified atom stereocenters. The van der Waals surface area contributed by atoms with Crippen LogP contribution in [0.1, 0.15) is 25.7 Å². The highest BCUT2D eigenvalue weighted by molar-refractivity contribution is 6.09. The summed E-state index contributed by atoms with van der Waals surface area (Å²) < 4.78 is 0. The Labute approximate surface area is 107 Å². The summed E-state index contributed by atoms with van der Waals surface area (Å²) in [5.74, 6) is 0.0394. The molecule has 6 nitrogen and oxygen atoms in total. The lowest BCUT2D eigenvalue weighted by atomic mass is 10.0. The topological polar surface area (TPSA) is 82.2 Å². The molecule has 1 aliphatic carbocycles. The van der Waals surface area contributed by atoms with E-state index in [9.17, 15) is 4.79 Å². The van der Waals surface area contributed by atoms with Crippen LogP contribution in [0.25, 0.3) is 0 Å². The maximum atomic E-state index is 12.3. The van der Waals surface area contributed by atoms with E-state index >= 15 is 0 Å². The van der Waals surface area contributed by atoms with E-state index in [1.165, 1.54) is 12.8 Å². The highest BCUT2D eigenvalue weighted by Crippen LogP contribution is 2.47. The summed E-state index contributed by atoms with van der Waals surface area (Å²) in [6, 6.07) is 0. The molecule has 0 atom stereocenters. The van der Waals surface area contributed by atoms with E-state index in [4.69, 9.17) is 10.9 Å². The van der Waals surface area contributed by atoms with Gasteiger partial charge in [0.05, 0.1) is 0 Å². The zero-order valence-electron chi connectivity index (χ0n) is 10.9. The second-order valence-corrected chi connectivity index (χ2v) is 5.34. The van der Waals surface area contributed by atoms with Crippen LogP contribution in [-0.4, -0.2) is 60.0 Å². The Morgan fingerprint density at radius 3 is 2.56 bits per heavy atom. The van der Waals surface area contributed by atoms with E-state index in [1.54, 1.807) is 11.9 Å². The van der Waals surface area contributed by atoms with Crippen molar-refractivity contribution < 1.29 is 10.0 Å². The van der Waals surface area contributed by atoms with Crippen LogP contribution in [0.15, 0.2) is 5.16 Å². The Bertz CT molecular complexity index is 346. The van der Waals surface area contributed by atoms with E-state index in [2.05, 4.69) is 10.1 Å². The number of oxime groups is 1.